The van der Waals surface area contributed by atoms with E-state index < -0.39 is 0 Å². The molecule has 158 valence electrons. The summed E-state index contributed by atoms with van der Waals surface area (Å²) >= 11 is 1.25. The number of amides is 1. The summed E-state index contributed by atoms with van der Waals surface area (Å²) in [6, 6.07) is 11.8. The Morgan fingerprint density at radius 1 is 1.27 bits per heavy atom. The maximum atomic E-state index is 12.7. The Morgan fingerprint density at radius 3 is 2.77 bits per heavy atom. The van der Waals surface area contributed by atoms with Gasteiger partial charge in [0.05, 0.1) is 17.1 Å². The van der Waals surface area contributed by atoms with Crippen molar-refractivity contribution < 1.29 is 4.79 Å². The summed E-state index contributed by atoms with van der Waals surface area (Å²) in [5.41, 5.74) is 1.69. The normalized spacial score (nSPS) is 14.3. The van der Waals surface area contributed by atoms with E-state index >= 15 is 0 Å². The zero-order valence-corrected chi connectivity index (χ0v) is 17.8. The minimum absolute atomic E-state index is 0.159. The van der Waals surface area contributed by atoms with Crippen molar-refractivity contribution >= 4 is 23.5 Å². The second kappa shape index (κ2) is 9.34. The molecule has 3 aromatic rings. The Morgan fingerprint density at radius 2 is 2.03 bits per heavy atom. The molecule has 2 aromatic heterocycles. The third-order valence-electron chi connectivity index (χ3n) is 5.27. The van der Waals surface area contributed by atoms with Crippen molar-refractivity contribution in [2.75, 3.05) is 11.1 Å². The van der Waals surface area contributed by atoms with Crippen LogP contribution in [-0.2, 0) is 11.3 Å². The van der Waals surface area contributed by atoms with Crippen LogP contribution in [0.1, 0.15) is 50.6 Å². The van der Waals surface area contributed by atoms with Crippen LogP contribution in [0, 0.1) is 0 Å². The largest absolute Gasteiger partial charge is 0.343 e. The van der Waals surface area contributed by atoms with Crippen LogP contribution in [0.5, 0.6) is 0 Å². The smallest absolute Gasteiger partial charge is 0.310 e. The first-order valence-electron chi connectivity index (χ1n) is 10.4. The number of H-pyrrole nitrogens is 1. The SMILES string of the molecule is CCCn1c(SCC(=O)Nc2cc(C3CCCC3)nn2-c2ccccc2)n[nH]c1=O. The summed E-state index contributed by atoms with van der Waals surface area (Å²) in [6.45, 7) is 2.57. The summed E-state index contributed by atoms with van der Waals surface area (Å²) in [4.78, 5) is 24.5. The third-order valence-corrected chi connectivity index (χ3v) is 6.25. The minimum Gasteiger partial charge on any atom is -0.310 e. The Labute approximate surface area is 179 Å². The molecule has 0 spiro atoms. The monoisotopic (exact) mass is 426 g/mol. The number of aromatic nitrogens is 5. The van der Waals surface area contributed by atoms with E-state index in [1.54, 1.807) is 9.25 Å². The molecule has 2 heterocycles. The van der Waals surface area contributed by atoms with Crippen LogP contribution in [0.25, 0.3) is 5.69 Å². The summed E-state index contributed by atoms with van der Waals surface area (Å²) in [5, 5.41) is 14.8. The minimum atomic E-state index is -0.247. The summed E-state index contributed by atoms with van der Waals surface area (Å²) in [6.07, 6.45) is 5.56. The molecule has 0 radical (unpaired) electrons. The van der Waals surface area contributed by atoms with Crippen LogP contribution in [0.3, 0.4) is 0 Å². The molecular formula is C21H26N6O2S. The molecule has 1 saturated carbocycles. The summed E-state index contributed by atoms with van der Waals surface area (Å²) in [5.74, 6) is 1.12. The van der Waals surface area contributed by atoms with Crippen molar-refractivity contribution in [1.29, 1.82) is 0 Å². The first-order valence-corrected chi connectivity index (χ1v) is 11.4. The van der Waals surface area contributed by atoms with Crippen molar-refractivity contribution in [3.05, 3.63) is 52.6 Å². The number of thioether (sulfide) groups is 1. The average molecular weight is 427 g/mol. The lowest BCUT2D eigenvalue weighted by atomic mass is 10.0. The highest BCUT2D eigenvalue weighted by Gasteiger charge is 2.22. The molecule has 9 heteroatoms. The van der Waals surface area contributed by atoms with Gasteiger partial charge in [-0.1, -0.05) is 49.7 Å². The van der Waals surface area contributed by atoms with Gasteiger partial charge in [0, 0.05) is 18.5 Å². The van der Waals surface area contributed by atoms with Gasteiger partial charge in [0.25, 0.3) is 0 Å². The molecule has 0 aliphatic heterocycles. The first-order chi connectivity index (χ1) is 14.7. The quantitative estimate of drug-likeness (QED) is 0.537. The van der Waals surface area contributed by atoms with E-state index in [0.29, 0.717) is 23.4 Å². The molecule has 0 bridgehead atoms. The lowest BCUT2D eigenvalue weighted by molar-refractivity contribution is -0.113. The molecule has 2 N–H and O–H groups in total. The second-order valence-corrected chi connectivity index (χ2v) is 8.43. The number of hydrogen-bond acceptors (Lipinski definition) is 5. The third kappa shape index (κ3) is 4.51. The maximum Gasteiger partial charge on any atom is 0.343 e. The number of anilines is 1. The molecule has 1 amide bonds. The Bertz CT molecular complexity index is 1050. The number of carbonyl (C=O) groups excluding carboxylic acids is 1. The van der Waals surface area contributed by atoms with Crippen molar-refractivity contribution in [2.24, 2.45) is 0 Å². The number of carbonyl (C=O) groups is 1. The molecule has 4 rings (SSSR count). The number of para-hydroxylation sites is 1. The van der Waals surface area contributed by atoms with Crippen LogP contribution < -0.4 is 11.0 Å². The fourth-order valence-corrected chi connectivity index (χ4v) is 4.59. The van der Waals surface area contributed by atoms with Gasteiger partial charge in [0.2, 0.25) is 5.91 Å². The van der Waals surface area contributed by atoms with E-state index in [2.05, 4.69) is 15.5 Å². The van der Waals surface area contributed by atoms with Gasteiger partial charge in [-0.05, 0) is 31.4 Å². The average Bonchev–Trinajstić information content (AvgIpc) is 3.49. The zero-order valence-electron chi connectivity index (χ0n) is 17.0. The van der Waals surface area contributed by atoms with Crippen LogP contribution in [0.15, 0.2) is 46.3 Å². The Hall–Kier alpha value is -2.81. The van der Waals surface area contributed by atoms with Crippen molar-refractivity contribution in [1.82, 2.24) is 24.5 Å². The van der Waals surface area contributed by atoms with Crippen LogP contribution in [-0.4, -0.2) is 36.2 Å². The van der Waals surface area contributed by atoms with Gasteiger partial charge < -0.3 is 5.32 Å². The number of benzene rings is 1. The fourth-order valence-electron chi connectivity index (χ4n) is 3.82. The number of hydrogen-bond donors (Lipinski definition) is 2. The lowest BCUT2D eigenvalue weighted by Crippen LogP contribution is -2.19. The molecular weight excluding hydrogens is 400 g/mol. The highest BCUT2D eigenvalue weighted by molar-refractivity contribution is 7.99. The van der Waals surface area contributed by atoms with E-state index in [0.717, 1.165) is 30.6 Å². The van der Waals surface area contributed by atoms with Crippen molar-refractivity contribution in [3.8, 4) is 5.69 Å². The van der Waals surface area contributed by atoms with Gasteiger partial charge in [-0.15, -0.1) is 5.10 Å². The molecule has 1 aromatic carbocycles. The topological polar surface area (TPSA) is 97.6 Å². The molecule has 1 aliphatic rings. The number of aromatic amines is 1. The van der Waals surface area contributed by atoms with Crippen LogP contribution in [0.4, 0.5) is 5.82 Å². The van der Waals surface area contributed by atoms with Gasteiger partial charge in [-0.2, -0.15) is 5.10 Å². The molecule has 30 heavy (non-hydrogen) atoms. The predicted octanol–water partition coefficient (Wildman–Crippen LogP) is 3.56. The van der Waals surface area contributed by atoms with Gasteiger partial charge in [-0.3, -0.25) is 9.36 Å². The van der Waals surface area contributed by atoms with Crippen LogP contribution >= 0.6 is 11.8 Å². The highest BCUT2D eigenvalue weighted by Crippen LogP contribution is 2.35. The maximum absolute atomic E-state index is 12.7. The standard InChI is InChI=1S/C21H26N6O2S/c1-2-12-26-20(29)23-24-21(26)30-14-19(28)22-18-13-17(15-8-6-7-9-15)25-27(18)16-10-4-3-5-11-16/h3-5,10-11,13,15H,2,6-9,12,14H2,1H3,(H,22,28)(H,23,29). The van der Waals surface area contributed by atoms with Gasteiger partial charge in [0.1, 0.15) is 5.82 Å². The highest BCUT2D eigenvalue weighted by atomic mass is 32.2. The molecule has 0 saturated heterocycles. The Kier molecular flexibility index (Phi) is 6.37. The first kappa shape index (κ1) is 20.5. The zero-order chi connectivity index (χ0) is 20.9. The van der Waals surface area contributed by atoms with E-state index in [1.807, 2.05) is 43.3 Å². The number of rotatable bonds is 8. The van der Waals surface area contributed by atoms with E-state index in [1.165, 1.54) is 24.6 Å². The van der Waals surface area contributed by atoms with Gasteiger partial charge >= 0.3 is 5.69 Å². The van der Waals surface area contributed by atoms with Crippen molar-refractivity contribution in [2.45, 2.75) is 56.6 Å². The summed E-state index contributed by atoms with van der Waals surface area (Å²) in [7, 11) is 0. The molecule has 8 nitrogen and oxygen atoms in total. The molecule has 0 unspecified atom stereocenters. The molecule has 0 atom stereocenters. The van der Waals surface area contributed by atoms with E-state index in [4.69, 9.17) is 5.10 Å². The summed E-state index contributed by atoms with van der Waals surface area (Å²) < 4.78 is 3.36. The molecule has 1 aliphatic carbocycles. The lowest BCUT2D eigenvalue weighted by Gasteiger charge is -2.09. The molecule has 1 fully saturated rings. The van der Waals surface area contributed by atoms with Crippen molar-refractivity contribution in [3.63, 3.8) is 0 Å². The van der Waals surface area contributed by atoms with E-state index in [9.17, 15) is 9.59 Å². The fraction of sp³-hybridized carbons (Fsp3) is 0.429. The number of nitrogens with one attached hydrogen (secondary N) is 2. The predicted molar refractivity (Wildman–Crippen MR) is 117 cm³/mol. The van der Waals surface area contributed by atoms with Crippen LogP contribution in [0.2, 0.25) is 0 Å². The second-order valence-electron chi connectivity index (χ2n) is 7.48. The van der Waals surface area contributed by atoms with Gasteiger partial charge in [0.15, 0.2) is 5.16 Å². The Balaban J connectivity index is 1.50. The van der Waals surface area contributed by atoms with E-state index in [-0.39, 0.29) is 17.3 Å². The van der Waals surface area contributed by atoms with Gasteiger partial charge in [-0.25, -0.2) is 14.6 Å². The number of nitrogens with zero attached hydrogens (tertiary/aromatic N) is 4.